The Balaban J connectivity index is 1.80. The predicted molar refractivity (Wildman–Crippen MR) is 84.7 cm³/mol. The average molecular weight is 304 g/mol. The molecule has 0 spiro atoms. The minimum Gasteiger partial charge on any atom is -0.484 e. The van der Waals surface area contributed by atoms with Crippen LogP contribution in [-0.2, 0) is 11.3 Å². The van der Waals surface area contributed by atoms with Crippen molar-refractivity contribution in [2.24, 2.45) is 0 Å². The summed E-state index contributed by atoms with van der Waals surface area (Å²) in [6.45, 7) is 4.47. The monoisotopic (exact) mass is 303 g/mol. The quantitative estimate of drug-likeness (QED) is 0.915. The van der Waals surface area contributed by atoms with Gasteiger partial charge in [-0.15, -0.1) is 0 Å². The first-order chi connectivity index (χ1) is 10.0. The molecule has 0 fully saturated rings. The molecule has 0 aliphatic heterocycles. The third-order valence-corrected chi connectivity index (χ3v) is 3.34. The molecule has 0 radical (unpaired) electrons. The molecule has 0 aliphatic rings. The number of rotatable bonds is 5. The van der Waals surface area contributed by atoms with Crippen LogP contribution < -0.4 is 10.1 Å². The van der Waals surface area contributed by atoms with Crippen LogP contribution in [0.4, 0.5) is 0 Å². The van der Waals surface area contributed by atoms with Crippen LogP contribution in [0, 0.1) is 13.8 Å². The molecule has 0 unspecified atom stereocenters. The molecule has 0 saturated carbocycles. The highest BCUT2D eigenvalue weighted by Crippen LogP contribution is 2.18. The average Bonchev–Trinajstić information content (AvgIpc) is 2.46. The van der Waals surface area contributed by atoms with Gasteiger partial charge in [0.25, 0.3) is 5.91 Å². The van der Waals surface area contributed by atoms with E-state index in [1.54, 1.807) is 12.1 Å². The zero-order valence-electron chi connectivity index (χ0n) is 12.2. The number of aryl methyl sites for hydroxylation is 2. The Morgan fingerprint density at radius 2 is 1.86 bits per heavy atom. The van der Waals surface area contributed by atoms with Crippen molar-refractivity contribution in [3.8, 4) is 5.75 Å². The van der Waals surface area contributed by atoms with Crippen molar-refractivity contribution in [2.45, 2.75) is 20.4 Å². The van der Waals surface area contributed by atoms with Crippen LogP contribution in [-0.4, -0.2) is 12.5 Å². The maximum absolute atomic E-state index is 11.8. The summed E-state index contributed by atoms with van der Waals surface area (Å²) in [5.74, 6) is 0.590. The SMILES string of the molecule is Cc1ccc(OCC(=O)NCc2ccc(Cl)cc2)c(C)c1. The van der Waals surface area contributed by atoms with Crippen molar-refractivity contribution in [1.82, 2.24) is 5.32 Å². The van der Waals surface area contributed by atoms with E-state index in [1.807, 2.05) is 44.2 Å². The Labute approximate surface area is 129 Å². The number of amides is 1. The maximum atomic E-state index is 11.8. The van der Waals surface area contributed by atoms with Gasteiger partial charge in [0.15, 0.2) is 6.61 Å². The first-order valence-electron chi connectivity index (χ1n) is 6.76. The van der Waals surface area contributed by atoms with E-state index in [0.29, 0.717) is 11.6 Å². The van der Waals surface area contributed by atoms with E-state index < -0.39 is 0 Å². The highest BCUT2D eigenvalue weighted by molar-refractivity contribution is 6.30. The Hall–Kier alpha value is -2.00. The van der Waals surface area contributed by atoms with Gasteiger partial charge in [-0.2, -0.15) is 0 Å². The largest absolute Gasteiger partial charge is 0.484 e. The van der Waals surface area contributed by atoms with Crippen molar-refractivity contribution < 1.29 is 9.53 Å². The van der Waals surface area contributed by atoms with Crippen molar-refractivity contribution in [1.29, 1.82) is 0 Å². The summed E-state index contributed by atoms with van der Waals surface area (Å²) in [7, 11) is 0. The van der Waals surface area contributed by atoms with E-state index >= 15 is 0 Å². The maximum Gasteiger partial charge on any atom is 0.258 e. The number of carbonyl (C=O) groups excluding carboxylic acids is 1. The van der Waals surface area contributed by atoms with E-state index in [2.05, 4.69) is 5.32 Å². The Kier molecular flexibility index (Phi) is 5.23. The molecule has 1 amide bonds. The highest BCUT2D eigenvalue weighted by atomic mass is 35.5. The van der Waals surface area contributed by atoms with Crippen LogP contribution in [0.25, 0.3) is 0 Å². The molecule has 2 aromatic rings. The Morgan fingerprint density at radius 3 is 2.52 bits per heavy atom. The molecule has 0 heterocycles. The number of benzene rings is 2. The Bertz CT molecular complexity index is 623. The predicted octanol–water partition coefficient (Wildman–Crippen LogP) is 3.65. The lowest BCUT2D eigenvalue weighted by molar-refractivity contribution is -0.123. The summed E-state index contributed by atoms with van der Waals surface area (Å²) in [6.07, 6.45) is 0. The van der Waals surface area contributed by atoms with Crippen molar-refractivity contribution in [3.05, 3.63) is 64.2 Å². The van der Waals surface area contributed by atoms with E-state index in [0.717, 1.165) is 16.9 Å². The number of nitrogens with one attached hydrogen (secondary N) is 1. The first kappa shape index (κ1) is 15.4. The van der Waals surface area contributed by atoms with Gasteiger partial charge in [-0.3, -0.25) is 4.79 Å². The second-order valence-electron chi connectivity index (χ2n) is 4.96. The third kappa shape index (κ3) is 4.80. The van der Waals surface area contributed by atoms with Gasteiger partial charge >= 0.3 is 0 Å². The lowest BCUT2D eigenvalue weighted by Crippen LogP contribution is -2.28. The molecule has 2 aromatic carbocycles. The van der Waals surface area contributed by atoms with Crippen molar-refractivity contribution >= 4 is 17.5 Å². The molecule has 0 atom stereocenters. The highest BCUT2D eigenvalue weighted by Gasteiger charge is 2.05. The number of hydrogen-bond donors (Lipinski definition) is 1. The van der Waals surface area contributed by atoms with Crippen LogP contribution in [0.1, 0.15) is 16.7 Å². The summed E-state index contributed by atoms with van der Waals surface area (Å²) >= 11 is 5.81. The van der Waals surface area contributed by atoms with Crippen LogP contribution >= 0.6 is 11.6 Å². The zero-order valence-corrected chi connectivity index (χ0v) is 12.9. The standard InChI is InChI=1S/C17H18ClNO2/c1-12-3-8-16(13(2)9-12)21-11-17(20)19-10-14-4-6-15(18)7-5-14/h3-9H,10-11H2,1-2H3,(H,19,20). The van der Waals surface area contributed by atoms with Gasteiger partial charge in [0, 0.05) is 11.6 Å². The number of carbonyl (C=O) groups is 1. The van der Waals surface area contributed by atoms with Gasteiger partial charge in [0.2, 0.25) is 0 Å². The summed E-state index contributed by atoms with van der Waals surface area (Å²) in [5.41, 5.74) is 3.20. The number of ether oxygens (including phenoxy) is 1. The molecule has 2 rings (SSSR count). The van der Waals surface area contributed by atoms with Crippen LogP contribution in [0.2, 0.25) is 5.02 Å². The van der Waals surface area contributed by atoms with E-state index in [-0.39, 0.29) is 12.5 Å². The summed E-state index contributed by atoms with van der Waals surface area (Å²) < 4.78 is 5.53. The molecular formula is C17H18ClNO2. The van der Waals surface area contributed by atoms with Crippen LogP contribution in [0.3, 0.4) is 0 Å². The molecular weight excluding hydrogens is 286 g/mol. The fraction of sp³-hybridized carbons (Fsp3) is 0.235. The van der Waals surface area contributed by atoms with Gasteiger partial charge in [0.1, 0.15) is 5.75 Å². The first-order valence-corrected chi connectivity index (χ1v) is 7.13. The normalized spacial score (nSPS) is 10.2. The fourth-order valence-electron chi connectivity index (χ4n) is 1.96. The van der Waals surface area contributed by atoms with Gasteiger partial charge in [-0.05, 0) is 43.2 Å². The molecule has 1 N–H and O–H groups in total. The lowest BCUT2D eigenvalue weighted by Gasteiger charge is -2.10. The second-order valence-corrected chi connectivity index (χ2v) is 5.40. The van der Waals surface area contributed by atoms with Crippen molar-refractivity contribution in [2.75, 3.05) is 6.61 Å². The molecule has 0 bridgehead atoms. The zero-order chi connectivity index (χ0) is 15.2. The molecule has 21 heavy (non-hydrogen) atoms. The minimum absolute atomic E-state index is 0.0114. The minimum atomic E-state index is -0.148. The fourth-order valence-corrected chi connectivity index (χ4v) is 2.08. The van der Waals surface area contributed by atoms with E-state index in [4.69, 9.17) is 16.3 Å². The molecule has 0 aliphatic carbocycles. The van der Waals surface area contributed by atoms with Crippen LogP contribution in [0.5, 0.6) is 5.75 Å². The van der Waals surface area contributed by atoms with Gasteiger partial charge in [-0.25, -0.2) is 0 Å². The molecule has 3 nitrogen and oxygen atoms in total. The summed E-state index contributed by atoms with van der Waals surface area (Å²) in [5, 5.41) is 3.50. The van der Waals surface area contributed by atoms with E-state index in [1.165, 1.54) is 5.56 Å². The topological polar surface area (TPSA) is 38.3 Å². The summed E-state index contributed by atoms with van der Waals surface area (Å²) in [4.78, 5) is 11.8. The van der Waals surface area contributed by atoms with Gasteiger partial charge in [0.05, 0.1) is 0 Å². The molecule has 0 aromatic heterocycles. The van der Waals surface area contributed by atoms with Gasteiger partial charge < -0.3 is 10.1 Å². The lowest BCUT2D eigenvalue weighted by atomic mass is 10.1. The second kappa shape index (κ2) is 7.14. The smallest absolute Gasteiger partial charge is 0.258 e. The van der Waals surface area contributed by atoms with Crippen molar-refractivity contribution in [3.63, 3.8) is 0 Å². The Morgan fingerprint density at radius 1 is 1.14 bits per heavy atom. The third-order valence-electron chi connectivity index (χ3n) is 3.09. The molecule has 110 valence electrons. The summed E-state index contributed by atoms with van der Waals surface area (Å²) in [6, 6.07) is 13.2. The molecule has 0 saturated heterocycles. The van der Waals surface area contributed by atoms with Gasteiger partial charge in [-0.1, -0.05) is 41.4 Å². The van der Waals surface area contributed by atoms with E-state index in [9.17, 15) is 4.79 Å². The number of halogens is 1. The van der Waals surface area contributed by atoms with Crippen LogP contribution in [0.15, 0.2) is 42.5 Å². The molecule has 4 heteroatoms. The number of hydrogen-bond acceptors (Lipinski definition) is 2.